The van der Waals surface area contributed by atoms with Crippen molar-refractivity contribution >= 4 is 11.5 Å². The van der Waals surface area contributed by atoms with E-state index in [1.807, 2.05) is 17.0 Å². The van der Waals surface area contributed by atoms with E-state index < -0.39 is 0 Å². The predicted molar refractivity (Wildman–Crippen MR) is 58.2 cm³/mol. The van der Waals surface area contributed by atoms with Gasteiger partial charge in [0, 0.05) is 13.1 Å². The van der Waals surface area contributed by atoms with Gasteiger partial charge in [0.15, 0.2) is 11.5 Å². The van der Waals surface area contributed by atoms with Crippen LogP contribution in [0.25, 0.3) is 5.65 Å². The summed E-state index contributed by atoms with van der Waals surface area (Å²) in [5.74, 6) is 0.774. The van der Waals surface area contributed by atoms with Gasteiger partial charge in [-0.2, -0.15) is 0 Å². The van der Waals surface area contributed by atoms with Gasteiger partial charge in [-0.25, -0.2) is 0 Å². The highest BCUT2D eigenvalue weighted by molar-refractivity contribution is 5.44. The maximum Gasteiger partial charge on any atom is 0.200 e. The van der Waals surface area contributed by atoms with Crippen molar-refractivity contribution in [3.63, 3.8) is 0 Å². The van der Waals surface area contributed by atoms with E-state index in [1.165, 1.54) is 4.63 Å². The number of nitrogens with zero attached hydrogens (tertiary/aromatic N) is 6. The second-order valence-corrected chi connectivity index (χ2v) is 3.43. The Morgan fingerprint density at radius 2 is 2.25 bits per heavy atom. The Kier molecular flexibility index (Phi) is 3.25. The fourth-order valence-electron chi connectivity index (χ4n) is 1.54. The van der Waals surface area contributed by atoms with Crippen molar-refractivity contribution in [1.82, 2.24) is 25.3 Å². The van der Waals surface area contributed by atoms with Crippen LogP contribution in [0, 0.1) is 0 Å². The fourth-order valence-corrected chi connectivity index (χ4v) is 1.54. The minimum atomic E-state index is 0.106. The van der Waals surface area contributed by atoms with E-state index in [0.29, 0.717) is 12.2 Å². The van der Waals surface area contributed by atoms with Crippen LogP contribution in [0.15, 0.2) is 12.1 Å². The van der Waals surface area contributed by atoms with Crippen LogP contribution in [0.1, 0.15) is 13.3 Å². The molecule has 2 aromatic rings. The van der Waals surface area contributed by atoms with Gasteiger partial charge in [0.05, 0.1) is 6.61 Å². The third-order valence-electron chi connectivity index (χ3n) is 2.24. The molecule has 0 aromatic carbocycles. The van der Waals surface area contributed by atoms with Crippen LogP contribution < -0.4 is 4.90 Å². The Balaban J connectivity index is 2.28. The number of anilines is 1. The second-order valence-electron chi connectivity index (χ2n) is 3.43. The van der Waals surface area contributed by atoms with Gasteiger partial charge in [-0.3, -0.25) is 0 Å². The topological polar surface area (TPSA) is 79.4 Å². The zero-order valence-corrected chi connectivity index (χ0v) is 9.11. The van der Waals surface area contributed by atoms with Crippen LogP contribution in [0.4, 0.5) is 5.82 Å². The molecule has 2 rings (SSSR count). The normalized spacial score (nSPS) is 10.9. The first-order valence-electron chi connectivity index (χ1n) is 5.26. The average Bonchev–Trinajstić information content (AvgIpc) is 2.75. The molecule has 0 bridgehead atoms. The lowest BCUT2D eigenvalue weighted by atomic mass is 10.4. The minimum absolute atomic E-state index is 0.106. The molecule has 0 amide bonds. The van der Waals surface area contributed by atoms with Gasteiger partial charge in [0.1, 0.15) is 0 Å². The van der Waals surface area contributed by atoms with E-state index in [-0.39, 0.29) is 6.61 Å². The Morgan fingerprint density at radius 1 is 1.38 bits per heavy atom. The van der Waals surface area contributed by atoms with Gasteiger partial charge in [0.2, 0.25) is 0 Å². The zero-order chi connectivity index (χ0) is 11.4. The van der Waals surface area contributed by atoms with Gasteiger partial charge in [-0.05, 0) is 29.0 Å². The molecular weight excluding hydrogens is 208 g/mol. The Labute approximate surface area is 92.7 Å². The molecule has 7 nitrogen and oxygen atoms in total. The molecule has 0 atom stereocenters. The number of hydrogen-bond acceptors (Lipinski definition) is 6. The molecular formula is C9H14N6O. The highest BCUT2D eigenvalue weighted by atomic mass is 16.3. The van der Waals surface area contributed by atoms with Crippen molar-refractivity contribution in [1.29, 1.82) is 0 Å². The minimum Gasteiger partial charge on any atom is -0.395 e. The monoisotopic (exact) mass is 222 g/mol. The predicted octanol–water partition coefficient (Wildman–Crippen LogP) is -0.272. The van der Waals surface area contributed by atoms with Gasteiger partial charge >= 0.3 is 0 Å². The van der Waals surface area contributed by atoms with Crippen LogP contribution in [-0.2, 0) is 0 Å². The number of rotatable bonds is 5. The molecule has 2 heterocycles. The van der Waals surface area contributed by atoms with Crippen LogP contribution in [0.2, 0.25) is 0 Å². The van der Waals surface area contributed by atoms with E-state index in [2.05, 4.69) is 27.5 Å². The van der Waals surface area contributed by atoms with Gasteiger partial charge in [0.25, 0.3) is 0 Å². The Morgan fingerprint density at radius 3 is 3.00 bits per heavy atom. The van der Waals surface area contributed by atoms with Crippen LogP contribution in [0.5, 0.6) is 0 Å². The third kappa shape index (κ3) is 2.08. The quantitative estimate of drug-likeness (QED) is 0.750. The summed E-state index contributed by atoms with van der Waals surface area (Å²) in [6.45, 7) is 3.60. The molecule has 16 heavy (non-hydrogen) atoms. The lowest BCUT2D eigenvalue weighted by Crippen LogP contribution is -2.28. The Hall–Kier alpha value is -1.76. The van der Waals surface area contributed by atoms with E-state index >= 15 is 0 Å². The number of tetrazole rings is 1. The lowest BCUT2D eigenvalue weighted by molar-refractivity contribution is 0.301. The molecule has 0 fully saturated rings. The fraction of sp³-hybridized carbons (Fsp3) is 0.556. The molecule has 0 saturated carbocycles. The zero-order valence-electron chi connectivity index (χ0n) is 9.11. The second kappa shape index (κ2) is 4.84. The van der Waals surface area contributed by atoms with Gasteiger partial charge < -0.3 is 10.0 Å². The summed E-state index contributed by atoms with van der Waals surface area (Å²) in [6, 6.07) is 3.67. The lowest BCUT2D eigenvalue weighted by Gasteiger charge is -2.21. The van der Waals surface area contributed by atoms with E-state index in [4.69, 9.17) is 5.11 Å². The molecule has 0 radical (unpaired) electrons. The largest absolute Gasteiger partial charge is 0.395 e. The summed E-state index contributed by atoms with van der Waals surface area (Å²) in [7, 11) is 0. The van der Waals surface area contributed by atoms with Crippen molar-refractivity contribution in [2.45, 2.75) is 13.3 Å². The maximum absolute atomic E-state index is 8.98. The first-order chi connectivity index (χ1) is 7.85. The van der Waals surface area contributed by atoms with E-state index in [1.54, 1.807) is 0 Å². The molecule has 0 aliphatic carbocycles. The highest BCUT2D eigenvalue weighted by Crippen LogP contribution is 2.10. The first kappa shape index (κ1) is 10.7. The summed E-state index contributed by atoms with van der Waals surface area (Å²) in [6.07, 6.45) is 0.995. The number of aliphatic hydroxyl groups excluding tert-OH is 1. The summed E-state index contributed by atoms with van der Waals surface area (Å²) < 4.78 is 1.38. The van der Waals surface area contributed by atoms with Gasteiger partial charge in [-0.1, -0.05) is 6.92 Å². The molecule has 2 aromatic heterocycles. The SMILES string of the molecule is CCCN(CCO)c1ccc2nnnn2n1. The molecule has 7 heteroatoms. The summed E-state index contributed by atoms with van der Waals surface area (Å²) in [5, 5.41) is 24.3. The maximum atomic E-state index is 8.98. The average molecular weight is 222 g/mol. The molecule has 0 saturated heterocycles. The van der Waals surface area contributed by atoms with Crippen molar-refractivity contribution in [2.24, 2.45) is 0 Å². The van der Waals surface area contributed by atoms with Gasteiger partial charge in [-0.15, -0.1) is 14.8 Å². The van der Waals surface area contributed by atoms with E-state index in [9.17, 15) is 0 Å². The standard InChI is InChI=1S/C9H14N6O/c1-2-5-14(6-7-16)9-4-3-8-10-12-13-15(8)11-9/h3-4,16H,2,5-7H2,1H3. The van der Waals surface area contributed by atoms with Crippen molar-refractivity contribution in [3.8, 4) is 0 Å². The highest BCUT2D eigenvalue weighted by Gasteiger charge is 2.08. The van der Waals surface area contributed by atoms with Crippen molar-refractivity contribution in [3.05, 3.63) is 12.1 Å². The summed E-state index contributed by atoms with van der Waals surface area (Å²) in [4.78, 5) is 2.00. The molecule has 0 aliphatic rings. The Bertz CT molecular complexity index is 450. The first-order valence-corrected chi connectivity index (χ1v) is 5.26. The van der Waals surface area contributed by atoms with Crippen LogP contribution in [-0.4, -0.2) is 50.1 Å². The number of hydrogen-bond donors (Lipinski definition) is 1. The number of aromatic nitrogens is 5. The molecule has 1 N–H and O–H groups in total. The molecule has 0 unspecified atom stereocenters. The van der Waals surface area contributed by atoms with Crippen molar-refractivity contribution < 1.29 is 5.11 Å². The number of aliphatic hydroxyl groups is 1. The van der Waals surface area contributed by atoms with E-state index in [0.717, 1.165) is 18.8 Å². The third-order valence-corrected chi connectivity index (χ3v) is 2.24. The molecule has 0 aliphatic heterocycles. The van der Waals surface area contributed by atoms with Crippen LogP contribution in [0.3, 0.4) is 0 Å². The van der Waals surface area contributed by atoms with Crippen LogP contribution >= 0.6 is 0 Å². The summed E-state index contributed by atoms with van der Waals surface area (Å²) in [5.41, 5.74) is 0.615. The summed E-state index contributed by atoms with van der Waals surface area (Å²) >= 11 is 0. The van der Waals surface area contributed by atoms with Crippen molar-refractivity contribution in [2.75, 3.05) is 24.6 Å². The number of fused-ring (bicyclic) bond motifs is 1. The molecule has 86 valence electrons. The smallest absolute Gasteiger partial charge is 0.200 e. The molecule has 0 spiro atoms.